The molecule has 0 heterocycles. The highest BCUT2D eigenvalue weighted by atomic mass is 15.2. The van der Waals surface area contributed by atoms with Crippen molar-refractivity contribution in [3.05, 3.63) is 35.9 Å². The van der Waals surface area contributed by atoms with E-state index in [0.29, 0.717) is 18.0 Å². The van der Waals surface area contributed by atoms with Crippen LogP contribution in [0.2, 0.25) is 0 Å². The van der Waals surface area contributed by atoms with Crippen LogP contribution in [0.15, 0.2) is 35.3 Å². The van der Waals surface area contributed by atoms with E-state index in [0.717, 1.165) is 5.96 Å². The Morgan fingerprint density at radius 2 is 1.80 bits per heavy atom. The molecule has 3 nitrogen and oxygen atoms in total. The van der Waals surface area contributed by atoms with E-state index in [9.17, 15) is 0 Å². The molecule has 3 rings (SSSR count). The third-order valence-electron chi connectivity index (χ3n) is 4.51. The van der Waals surface area contributed by atoms with Crippen LogP contribution in [0.25, 0.3) is 0 Å². The van der Waals surface area contributed by atoms with E-state index in [-0.39, 0.29) is 0 Å². The predicted molar refractivity (Wildman–Crippen MR) is 84.1 cm³/mol. The second-order valence-electron chi connectivity index (χ2n) is 6.06. The first kappa shape index (κ1) is 13.5. The van der Waals surface area contributed by atoms with Crippen LogP contribution in [0.3, 0.4) is 0 Å². The van der Waals surface area contributed by atoms with Crippen molar-refractivity contribution in [2.24, 2.45) is 4.99 Å². The second-order valence-corrected chi connectivity index (χ2v) is 6.06. The summed E-state index contributed by atoms with van der Waals surface area (Å²) in [6, 6.07) is 11.9. The molecule has 0 amide bonds. The maximum Gasteiger partial charge on any atom is 0.191 e. The molecule has 2 aliphatic rings. The zero-order chi connectivity index (χ0) is 13.8. The van der Waals surface area contributed by atoms with E-state index in [4.69, 9.17) is 0 Å². The van der Waals surface area contributed by atoms with Crippen molar-refractivity contribution in [2.45, 2.75) is 56.5 Å². The Morgan fingerprint density at radius 1 is 1.05 bits per heavy atom. The fourth-order valence-corrected chi connectivity index (χ4v) is 3.21. The van der Waals surface area contributed by atoms with Crippen molar-refractivity contribution < 1.29 is 0 Å². The Bertz CT molecular complexity index is 449. The van der Waals surface area contributed by atoms with Gasteiger partial charge in [0.15, 0.2) is 5.96 Å². The average Bonchev–Trinajstić information content (AvgIpc) is 3.28. The van der Waals surface area contributed by atoms with Crippen molar-refractivity contribution in [1.82, 2.24) is 10.6 Å². The number of rotatable bonds is 3. The minimum atomic E-state index is 0.548. The Morgan fingerprint density at radius 3 is 2.50 bits per heavy atom. The zero-order valence-electron chi connectivity index (χ0n) is 12.3. The minimum Gasteiger partial charge on any atom is -0.354 e. The molecule has 0 bridgehead atoms. The van der Waals surface area contributed by atoms with E-state index >= 15 is 0 Å². The number of nitrogens with zero attached hydrogens (tertiary/aromatic N) is 1. The lowest BCUT2D eigenvalue weighted by Crippen LogP contribution is -2.45. The monoisotopic (exact) mass is 271 g/mol. The molecule has 2 N–H and O–H groups in total. The molecule has 0 aliphatic heterocycles. The molecule has 2 aliphatic carbocycles. The SMILES string of the molecule is CN=C(NC1CCCCC1)NC1CC1c1ccccc1. The highest BCUT2D eigenvalue weighted by Gasteiger charge is 2.39. The summed E-state index contributed by atoms with van der Waals surface area (Å²) in [7, 11) is 1.87. The molecule has 108 valence electrons. The maximum atomic E-state index is 4.38. The van der Waals surface area contributed by atoms with Crippen molar-refractivity contribution in [1.29, 1.82) is 0 Å². The van der Waals surface area contributed by atoms with Gasteiger partial charge in [0.25, 0.3) is 0 Å². The van der Waals surface area contributed by atoms with Gasteiger partial charge >= 0.3 is 0 Å². The largest absolute Gasteiger partial charge is 0.354 e. The summed E-state index contributed by atoms with van der Waals surface area (Å²) in [5.41, 5.74) is 1.44. The van der Waals surface area contributed by atoms with Gasteiger partial charge in [-0.25, -0.2) is 0 Å². The molecular weight excluding hydrogens is 246 g/mol. The van der Waals surface area contributed by atoms with Crippen molar-refractivity contribution >= 4 is 5.96 Å². The highest BCUT2D eigenvalue weighted by molar-refractivity contribution is 5.80. The fourth-order valence-electron chi connectivity index (χ4n) is 3.21. The number of hydrogen-bond acceptors (Lipinski definition) is 1. The number of benzene rings is 1. The molecule has 2 unspecified atom stereocenters. The smallest absolute Gasteiger partial charge is 0.191 e. The predicted octanol–water partition coefficient (Wildman–Crippen LogP) is 3.04. The number of hydrogen-bond donors (Lipinski definition) is 2. The second kappa shape index (κ2) is 6.29. The van der Waals surface area contributed by atoms with Crippen LogP contribution in [0.4, 0.5) is 0 Å². The third kappa shape index (κ3) is 3.33. The van der Waals surface area contributed by atoms with Gasteiger partial charge in [0.2, 0.25) is 0 Å². The standard InChI is InChI=1S/C17H25N3/c1-18-17(19-14-10-6-3-7-11-14)20-16-12-15(16)13-8-4-2-5-9-13/h2,4-5,8-9,14-16H,3,6-7,10-12H2,1H3,(H2,18,19,20). The van der Waals surface area contributed by atoms with Crippen molar-refractivity contribution in [3.8, 4) is 0 Å². The fraction of sp³-hybridized carbons (Fsp3) is 0.588. The van der Waals surface area contributed by atoms with E-state index in [2.05, 4.69) is 46.0 Å². The summed E-state index contributed by atoms with van der Waals surface area (Å²) in [6.07, 6.45) is 7.88. The summed E-state index contributed by atoms with van der Waals surface area (Å²) in [6.45, 7) is 0. The van der Waals surface area contributed by atoms with Crippen LogP contribution in [0, 0.1) is 0 Å². The van der Waals surface area contributed by atoms with Crippen LogP contribution in [-0.4, -0.2) is 25.1 Å². The lowest BCUT2D eigenvalue weighted by atomic mass is 9.96. The number of guanidine groups is 1. The van der Waals surface area contributed by atoms with Crippen LogP contribution >= 0.6 is 0 Å². The molecule has 0 spiro atoms. The topological polar surface area (TPSA) is 36.4 Å². The third-order valence-corrected chi connectivity index (χ3v) is 4.51. The molecule has 20 heavy (non-hydrogen) atoms. The normalized spacial score (nSPS) is 27.1. The van der Waals surface area contributed by atoms with Gasteiger partial charge in [-0.3, -0.25) is 4.99 Å². The Labute approximate surface area is 121 Å². The first-order chi connectivity index (χ1) is 9.86. The molecule has 1 aromatic rings. The van der Waals surface area contributed by atoms with Crippen LogP contribution in [0.5, 0.6) is 0 Å². The van der Waals surface area contributed by atoms with Gasteiger partial charge in [0.1, 0.15) is 0 Å². The first-order valence-corrected chi connectivity index (χ1v) is 7.91. The minimum absolute atomic E-state index is 0.548. The molecule has 2 atom stereocenters. The van der Waals surface area contributed by atoms with Gasteiger partial charge in [0.05, 0.1) is 0 Å². The molecule has 1 aromatic carbocycles. The molecule has 3 heteroatoms. The molecule has 0 saturated heterocycles. The van der Waals surface area contributed by atoms with Crippen LogP contribution in [-0.2, 0) is 0 Å². The van der Waals surface area contributed by atoms with E-state index in [1.54, 1.807) is 0 Å². The van der Waals surface area contributed by atoms with E-state index in [1.165, 1.54) is 44.1 Å². The van der Waals surface area contributed by atoms with E-state index in [1.807, 2.05) is 7.05 Å². The highest BCUT2D eigenvalue weighted by Crippen LogP contribution is 2.40. The molecular formula is C17H25N3. The van der Waals surface area contributed by atoms with Crippen molar-refractivity contribution in [3.63, 3.8) is 0 Å². The van der Waals surface area contributed by atoms with E-state index < -0.39 is 0 Å². The molecule has 0 radical (unpaired) electrons. The Kier molecular flexibility index (Phi) is 4.24. The number of nitrogens with one attached hydrogen (secondary N) is 2. The quantitative estimate of drug-likeness (QED) is 0.655. The first-order valence-electron chi connectivity index (χ1n) is 7.91. The van der Waals surface area contributed by atoms with Gasteiger partial charge in [-0.05, 0) is 24.8 Å². The lowest BCUT2D eigenvalue weighted by molar-refractivity contribution is 0.410. The zero-order valence-corrected chi connectivity index (χ0v) is 12.3. The summed E-state index contributed by atoms with van der Waals surface area (Å²) in [5, 5.41) is 7.16. The summed E-state index contributed by atoms with van der Waals surface area (Å²) in [4.78, 5) is 4.38. The maximum absolute atomic E-state index is 4.38. The number of aliphatic imine (C=N–C) groups is 1. The van der Waals surface area contributed by atoms with Gasteiger partial charge in [0, 0.05) is 25.0 Å². The summed E-state index contributed by atoms with van der Waals surface area (Å²) >= 11 is 0. The van der Waals surface area contributed by atoms with Crippen LogP contribution < -0.4 is 10.6 Å². The Hall–Kier alpha value is -1.51. The van der Waals surface area contributed by atoms with Gasteiger partial charge < -0.3 is 10.6 Å². The molecule has 2 saturated carbocycles. The summed E-state index contributed by atoms with van der Waals surface area (Å²) in [5.74, 6) is 1.64. The lowest BCUT2D eigenvalue weighted by Gasteiger charge is -2.25. The average molecular weight is 271 g/mol. The van der Waals surface area contributed by atoms with Crippen LogP contribution in [0.1, 0.15) is 50.0 Å². The van der Waals surface area contributed by atoms with Gasteiger partial charge in [-0.1, -0.05) is 49.6 Å². The van der Waals surface area contributed by atoms with Crippen molar-refractivity contribution in [2.75, 3.05) is 7.05 Å². The molecule has 0 aromatic heterocycles. The van der Waals surface area contributed by atoms with Gasteiger partial charge in [-0.15, -0.1) is 0 Å². The summed E-state index contributed by atoms with van der Waals surface area (Å²) < 4.78 is 0. The van der Waals surface area contributed by atoms with Gasteiger partial charge in [-0.2, -0.15) is 0 Å². The molecule has 2 fully saturated rings. The Balaban J connectivity index is 1.50.